The van der Waals surface area contributed by atoms with E-state index in [1.807, 2.05) is 12.1 Å². The fourth-order valence-electron chi connectivity index (χ4n) is 2.17. The largest absolute Gasteiger partial charge is 0.356 e. The van der Waals surface area contributed by atoms with Gasteiger partial charge < -0.3 is 5.32 Å². The Hall–Kier alpha value is -1.61. The third-order valence-electron chi connectivity index (χ3n) is 3.22. The maximum absolute atomic E-state index is 11.6. The number of alkyl halides is 1. The lowest BCUT2D eigenvalue weighted by Gasteiger charge is -2.07. The summed E-state index contributed by atoms with van der Waals surface area (Å²) in [7, 11) is 0. The fraction of sp³-hybridized carbons (Fsp3) is 0.375. The number of amides is 1. The molecule has 1 heterocycles. The van der Waals surface area contributed by atoms with Gasteiger partial charge in [-0.3, -0.25) is 9.78 Å². The SMILES string of the molecule is O=C(CCCCCl)NCCc1cccc2cccnc12. The van der Waals surface area contributed by atoms with Crippen molar-refractivity contribution in [2.75, 3.05) is 12.4 Å². The Morgan fingerprint density at radius 3 is 2.90 bits per heavy atom. The van der Waals surface area contributed by atoms with Crippen LogP contribution in [-0.2, 0) is 11.2 Å². The lowest BCUT2D eigenvalue weighted by Crippen LogP contribution is -2.25. The molecule has 1 aromatic heterocycles. The molecule has 0 saturated heterocycles. The molecule has 0 spiro atoms. The van der Waals surface area contributed by atoms with E-state index in [9.17, 15) is 4.79 Å². The van der Waals surface area contributed by atoms with Crippen LogP contribution in [0.1, 0.15) is 24.8 Å². The van der Waals surface area contributed by atoms with Gasteiger partial charge in [0.05, 0.1) is 5.52 Å². The highest BCUT2D eigenvalue weighted by Crippen LogP contribution is 2.15. The molecule has 3 nitrogen and oxygen atoms in total. The molecule has 2 rings (SSSR count). The highest BCUT2D eigenvalue weighted by molar-refractivity contribution is 6.17. The summed E-state index contributed by atoms with van der Waals surface area (Å²) in [4.78, 5) is 16.0. The first-order valence-electron chi connectivity index (χ1n) is 6.96. The maximum Gasteiger partial charge on any atom is 0.220 e. The molecule has 0 bridgehead atoms. The van der Waals surface area contributed by atoms with Crippen LogP contribution in [0.3, 0.4) is 0 Å². The number of pyridine rings is 1. The quantitative estimate of drug-likeness (QED) is 0.628. The molecule has 2 aromatic rings. The molecule has 0 saturated carbocycles. The van der Waals surface area contributed by atoms with Gasteiger partial charge >= 0.3 is 0 Å². The van der Waals surface area contributed by atoms with E-state index >= 15 is 0 Å². The van der Waals surface area contributed by atoms with E-state index in [2.05, 4.69) is 28.5 Å². The fourth-order valence-corrected chi connectivity index (χ4v) is 2.36. The number of aromatic nitrogens is 1. The lowest BCUT2D eigenvalue weighted by molar-refractivity contribution is -0.121. The number of hydrogen-bond acceptors (Lipinski definition) is 2. The minimum Gasteiger partial charge on any atom is -0.356 e. The van der Waals surface area contributed by atoms with Crippen LogP contribution < -0.4 is 5.32 Å². The van der Waals surface area contributed by atoms with Gasteiger partial charge in [-0.15, -0.1) is 11.6 Å². The summed E-state index contributed by atoms with van der Waals surface area (Å²) in [5, 5.41) is 4.08. The second-order valence-corrected chi connectivity index (χ2v) is 5.12. The molecule has 106 valence electrons. The number of benzene rings is 1. The first-order valence-corrected chi connectivity index (χ1v) is 7.50. The van der Waals surface area contributed by atoms with Gasteiger partial charge in [0.2, 0.25) is 5.91 Å². The molecule has 1 amide bonds. The first kappa shape index (κ1) is 14.8. The Labute approximate surface area is 124 Å². The predicted molar refractivity (Wildman–Crippen MR) is 83.0 cm³/mol. The Kier molecular flexibility index (Phi) is 5.81. The zero-order valence-corrected chi connectivity index (χ0v) is 12.2. The molecule has 0 atom stereocenters. The van der Waals surface area contributed by atoms with Crippen LogP contribution >= 0.6 is 11.6 Å². The summed E-state index contributed by atoms with van der Waals surface area (Å²) >= 11 is 5.59. The van der Waals surface area contributed by atoms with E-state index in [1.165, 1.54) is 5.56 Å². The van der Waals surface area contributed by atoms with Crippen molar-refractivity contribution >= 4 is 28.4 Å². The molecular weight excluding hydrogens is 272 g/mol. The number of para-hydroxylation sites is 1. The van der Waals surface area contributed by atoms with Crippen LogP contribution in [0.2, 0.25) is 0 Å². The maximum atomic E-state index is 11.6. The van der Waals surface area contributed by atoms with Crippen molar-refractivity contribution in [2.45, 2.75) is 25.7 Å². The predicted octanol–water partition coefficient (Wildman–Crippen LogP) is 3.30. The molecule has 20 heavy (non-hydrogen) atoms. The van der Waals surface area contributed by atoms with E-state index in [0.29, 0.717) is 18.8 Å². The number of nitrogens with one attached hydrogen (secondary N) is 1. The summed E-state index contributed by atoms with van der Waals surface area (Å²) in [5.74, 6) is 0.720. The molecule has 0 aliphatic rings. The highest BCUT2D eigenvalue weighted by Gasteiger charge is 2.03. The summed E-state index contributed by atoms with van der Waals surface area (Å²) in [5.41, 5.74) is 2.19. The normalized spacial score (nSPS) is 10.7. The highest BCUT2D eigenvalue weighted by atomic mass is 35.5. The average molecular weight is 291 g/mol. The number of carbonyl (C=O) groups is 1. The van der Waals surface area contributed by atoms with Crippen molar-refractivity contribution in [3.8, 4) is 0 Å². The minimum absolute atomic E-state index is 0.100. The van der Waals surface area contributed by atoms with Gasteiger partial charge in [0.25, 0.3) is 0 Å². The van der Waals surface area contributed by atoms with Gasteiger partial charge in [-0.05, 0) is 30.9 Å². The van der Waals surface area contributed by atoms with Crippen LogP contribution in [0.4, 0.5) is 0 Å². The van der Waals surface area contributed by atoms with E-state index in [0.717, 1.165) is 30.2 Å². The van der Waals surface area contributed by atoms with Gasteiger partial charge in [-0.2, -0.15) is 0 Å². The number of carbonyl (C=O) groups excluding carboxylic acids is 1. The van der Waals surface area contributed by atoms with Crippen molar-refractivity contribution in [3.05, 3.63) is 42.1 Å². The molecule has 0 unspecified atom stereocenters. The smallest absolute Gasteiger partial charge is 0.220 e. The molecule has 4 heteroatoms. The number of hydrogen-bond donors (Lipinski definition) is 1. The number of nitrogens with zero attached hydrogens (tertiary/aromatic N) is 1. The average Bonchev–Trinajstić information content (AvgIpc) is 2.48. The zero-order chi connectivity index (χ0) is 14.2. The molecule has 0 fully saturated rings. The van der Waals surface area contributed by atoms with Crippen LogP contribution in [0.25, 0.3) is 10.9 Å². The third-order valence-corrected chi connectivity index (χ3v) is 3.49. The molecule has 0 aliphatic carbocycles. The van der Waals surface area contributed by atoms with Gasteiger partial charge in [0.1, 0.15) is 0 Å². The summed E-state index contributed by atoms with van der Waals surface area (Å²) in [6.07, 6.45) is 4.90. The lowest BCUT2D eigenvalue weighted by atomic mass is 10.1. The van der Waals surface area contributed by atoms with Crippen molar-refractivity contribution in [2.24, 2.45) is 0 Å². The monoisotopic (exact) mass is 290 g/mol. The molecule has 1 N–H and O–H groups in total. The van der Waals surface area contributed by atoms with E-state index in [1.54, 1.807) is 6.20 Å². The minimum atomic E-state index is 0.100. The van der Waals surface area contributed by atoms with Crippen LogP contribution in [-0.4, -0.2) is 23.3 Å². The van der Waals surface area contributed by atoms with Gasteiger partial charge in [-0.25, -0.2) is 0 Å². The number of fused-ring (bicyclic) bond motifs is 1. The third kappa shape index (κ3) is 4.20. The van der Waals surface area contributed by atoms with E-state index < -0.39 is 0 Å². The Morgan fingerprint density at radius 1 is 1.20 bits per heavy atom. The van der Waals surface area contributed by atoms with E-state index in [4.69, 9.17) is 11.6 Å². The molecular formula is C16H19ClN2O. The Bertz CT molecular complexity index is 566. The number of halogens is 1. The molecule has 0 aliphatic heterocycles. The molecule has 1 aromatic carbocycles. The number of unbranched alkanes of at least 4 members (excludes halogenated alkanes) is 1. The zero-order valence-electron chi connectivity index (χ0n) is 11.4. The van der Waals surface area contributed by atoms with Crippen LogP contribution in [0, 0.1) is 0 Å². The van der Waals surface area contributed by atoms with Gasteiger partial charge in [-0.1, -0.05) is 24.3 Å². The van der Waals surface area contributed by atoms with Crippen LogP contribution in [0.15, 0.2) is 36.5 Å². The molecule has 0 radical (unpaired) electrons. The van der Waals surface area contributed by atoms with Gasteiger partial charge in [0.15, 0.2) is 0 Å². The topological polar surface area (TPSA) is 42.0 Å². The standard InChI is InChI=1S/C16H19ClN2O/c17-10-2-1-8-15(20)18-12-9-14-6-3-5-13-7-4-11-19-16(13)14/h3-7,11H,1-2,8-10,12H2,(H,18,20). The summed E-state index contributed by atoms with van der Waals surface area (Å²) in [6.45, 7) is 0.648. The second-order valence-electron chi connectivity index (χ2n) is 4.74. The second kappa shape index (κ2) is 7.85. The summed E-state index contributed by atoms with van der Waals surface area (Å²) < 4.78 is 0. The summed E-state index contributed by atoms with van der Waals surface area (Å²) in [6, 6.07) is 10.1. The first-order chi connectivity index (χ1) is 9.81. The van der Waals surface area contributed by atoms with Crippen LogP contribution in [0.5, 0.6) is 0 Å². The van der Waals surface area contributed by atoms with Gasteiger partial charge in [0, 0.05) is 30.4 Å². The number of rotatable bonds is 7. The van der Waals surface area contributed by atoms with Crippen molar-refractivity contribution < 1.29 is 4.79 Å². The van der Waals surface area contributed by atoms with Crippen molar-refractivity contribution in [1.29, 1.82) is 0 Å². The van der Waals surface area contributed by atoms with Crippen molar-refractivity contribution in [3.63, 3.8) is 0 Å². The Morgan fingerprint density at radius 2 is 2.05 bits per heavy atom. The van der Waals surface area contributed by atoms with Crippen molar-refractivity contribution in [1.82, 2.24) is 10.3 Å². The Balaban J connectivity index is 1.85. The van der Waals surface area contributed by atoms with E-state index in [-0.39, 0.29) is 5.91 Å².